The zero-order valence-corrected chi connectivity index (χ0v) is 12.1. The smallest absolute Gasteiger partial charge is 0.255 e. The highest BCUT2D eigenvalue weighted by Gasteiger charge is 2.17. The lowest BCUT2D eigenvalue weighted by Crippen LogP contribution is -2.34. The van der Waals surface area contributed by atoms with Crippen LogP contribution in [0.4, 0.5) is 4.39 Å². The van der Waals surface area contributed by atoms with Gasteiger partial charge >= 0.3 is 0 Å². The summed E-state index contributed by atoms with van der Waals surface area (Å²) in [6.07, 6.45) is 1.03. The predicted octanol–water partition coefficient (Wildman–Crippen LogP) is 1.40. The van der Waals surface area contributed by atoms with E-state index < -0.39 is 5.82 Å². The number of hydrogen-bond donors (Lipinski definition) is 2. The zero-order chi connectivity index (χ0) is 15.7. The Hall–Kier alpha value is -1.90. The quantitative estimate of drug-likeness (QED) is 0.780. The van der Waals surface area contributed by atoms with Crippen LogP contribution in [0.15, 0.2) is 18.2 Å². The molecule has 5 heteroatoms. The first-order valence-corrected chi connectivity index (χ1v) is 6.93. The van der Waals surface area contributed by atoms with Gasteiger partial charge in [-0.3, -0.25) is 4.79 Å². The van der Waals surface area contributed by atoms with Crippen molar-refractivity contribution in [3.63, 3.8) is 0 Å². The number of amides is 1. The van der Waals surface area contributed by atoms with Gasteiger partial charge in [0, 0.05) is 25.1 Å². The fraction of sp³-hybridized carbons (Fsp3) is 0.438. The van der Waals surface area contributed by atoms with E-state index in [1.54, 1.807) is 0 Å². The molecule has 1 aromatic rings. The van der Waals surface area contributed by atoms with E-state index in [1.807, 2.05) is 6.92 Å². The Morgan fingerprint density at radius 1 is 1.29 bits per heavy atom. The average Bonchev–Trinajstić information content (AvgIpc) is 2.47. The number of aliphatic hydroxyl groups excluding tert-OH is 2. The van der Waals surface area contributed by atoms with Gasteiger partial charge in [0.15, 0.2) is 0 Å². The lowest BCUT2D eigenvalue weighted by atomic mass is 10.1. The van der Waals surface area contributed by atoms with Gasteiger partial charge in [0.25, 0.3) is 5.91 Å². The lowest BCUT2D eigenvalue weighted by molar-refractivity contribution is 0.0721. The fourth-order valence-electron chi connectivity index (χ4n) is 1.90. The Labute approximate surface area is 124 Å². The number of carbonyl (C=O) groups is 1. The maximum atomic E-state index is 13.3. The first-order valence-electron chi connectivity index (χ1n) is 6.93. The van der Waals surface area contributed by atoms with E-state index in [0.29, 0.717) is 17.7 Å². The molecule has 2 N–H and O–H groups in total. The second-order valence-electron chi connectivity index (χ2n) is 4.48. The molecule has 0 radical (unpaired) electrons. The first-order chi connectivity index (χ1) is 10.1. The minimum absolute atomic E-state index is 0.0853. The molecule has 0 fully saturated rings. The normalized spacial score (nSPS) is 9.90. The van der Waals surface area contributed by atoms with Crippen molar-refractivity contribution < 1.29 is 19.4 Å². The Balaban J connectivity index is 3.10. The van der Waals surface area contributed by atoms with E-state index in [-0.39, 0.29) is 32.1 Å². The highest BCUT2D eigenvalue weighted by molar-refractivity contribution is 5.96. The number of halogens is 1. The van der Waals surface area contributed by atoms with Gasteiger partial charge in [-0.2, -0.15) is 0 Å². The number of aliphatic hydroxyl groups is 2. The van der Waals surface area contributed by atoms with Crippen LogP contribution in [0.25, 0.3) is 0 Å². The Bertz CT molecular complexity index is 528. The van der Waals surface area contributed by atoms with Gasteiger partial charge in [-0.25, -0.2) is 4.39 Å². The minimum atomic E-state index is -0.468. The van der Waals surface area contributed by atoms with Crippen molar-refractivity contribution in [1.82, 2.24) is 4.90 Å². The minimum Gasteiger partial charge on any atom is -0.395 e. The monoisotopic (exact) mass is 293 g/mol. The number of hydrogen-bond acceptors (Lipinski definition) is 3. The van der Waals surface area contributed by atoms with Crippen molar-refractivity contribution in [1.29, 1.82) is 0 Å². The molecule has 0 saturated carbocycles. The molecule has 0 bridgehead atoms. The van der Waals surface area contributed by atoms with E-state index >= 15 is 0 Å². The third kappa shape index (κ3) is 5.18. The third-order valence-electron chi connectivity index (χ3n) is 2.82. The van der Waals surface area contributed by atoms with E-state index in [9.17, 15) is 9.18 Å². The second-order valence-corrected chi connectivity index (χ2v) is 4.48. The summed E-state index contributed by atoms with van der Waals surface area (Å²) in [6, 6.07) is 3.83. The predicted molar refractivity (Wildman–Crippen MR) is 78.3 cm³/mol. The Morgan fingerprint density at radius 3 is 2.67 bits per heavy atom. The van der Waals surface area contributed by atoms with Crippen molar-refractivity contribution in [2.75, 3.05) is 26.3 Å². The molecular weight excluding hydrogens is 273 g/mol. The molecule has 1 rings (SSSR count). The summed E-state index contributed by atoms with van der Waals surface area (Å²) in [7, 11) is 0. The van der Waals surface area contributed by atoms with Gasteiger partial charge in [0.05, 0.1) is 18.8 Å². The Kier molecular flexibility index (Phi) is 7.44. The summed E-state index contributed by atoms with van der Waals surface area (Å²) in [4.78, 5) is 14.0. The molecule has 114 valence electrons. The summed E-state index contributed by atoms with van der Waals surface area (Å²) in [5.41, 5.74) is 0.608. The van der Waals surface area contributed by atoms with Crippen LogP contribution in [0.1, 0.15) is 35.7 Å². The van der Waals surface area contributed by atoms with E-state index in [1.165, 1.54) is 23.1 Å². The molecule has 0 aliphatic heterocycles. The van der Waals surface area contributed by atoms with Crippen molar-refractivity contribution in [3.8, 4) is 11.8 Å². The molecule has 0 heterocycles. The molecule has 0 spiro atoms. The molecule has 0 unspecified atom stereocenters. The summed E-state index contributed by atoms with van der Waals surface area (Å²) in [6.45, 7) is 2.47. The molecule has 0 atom stereocenters. The third-order valence-corrected chi connectivity index (χ3v) is 2.82. The average molecular weight is 293 g/mol. The lowest BCUT2D eigenvalue weighted by Gasteiger charge is -2.21. The second kappa shape index (κ2) is 9.11. The van der Waals surface area contributed by atoms with Crippen molar-refractivity contribution in [2.24, 2.45) is 0 Å². The summed E-state index contributed by atoms with van der Waals surface area (Å²) < 4.78 is 13.3. The van der Waals surface area contributed by atoms with Gasteiger partial charge in [-0.15, -0.1) is 0 Å². The van der Waals surface area contributed by atoms with Gasteiger partial charge in [-0.1, -0.05) is 18.8 Å². The molecule has 0 aromatic heterocycles. The summed E-state index contributed by atoms with van der Waals surface area (Å²) in [5.74, 6) is 4.66. The van der Waals surface area contributed by atoms with Gasteiger partial charge in [0.2, 0.25) is 0 Å². The summed E-state index contributed by atoms with van der Waals surface area (Å²) >= 11 is 0. The molecule has 0 saturated heterocycles. The van der Waals surface area contributed by atoms with Crippen LogP contribution in [-0.2, 0) is 0 Å². The molecule has 0 aliphatic carbocycles. The first kappa shape index (κ1) is 17.2. The molecule has 21 heavy (non-hydrogen) atoms. The standard InChI is InChI=1S/C16H20FNO3/c1-2-8-18(9-11-20)16(21)15-7-6-14(17)12-13(15)5-3-4-10-19/h6-7,12,19-20H,2,4,8-11H2,1H3. The molecule has 1 amide bonds. The van der Waals surface area contributed by atoms with Crippen LogP contribution in [0.2, 0.25) is 0 Å². The number of carbonyl (C=O) groups excluding carboxylic acids is 1. The summed E-state index contributed by atoms with van der Waals surface area (Å²) in [5, 5.41) is 17.8. The van der Waals surface area contributed by atoms with Crippen LogP contribution in [-0.4, -0.2) is 47.3 Å². The topological polar surface area (TPSA) is 60.8 Å². The van der Waals surface area contributed by atoms with Crippen molar-refractivity contribution in [3.05, 3.63) is 35.1 Å². The molecule has 4 nitrogen and oxygen atoms in total. The van der Waals surface area contributed by atoms with Gasteiger partial charge in [-0.05, 0) is 24.6 Å². The zero-order valence-electron chi connectivity index (χ0n) is 12.1. The highest BCUT2D eigenvalue weighted by Crippen LogP contribution is 2.13. The van der Waals surface area contributed by atoms with Gasteiger partial charge < -0.3 is 15.1 Å². The maximum absolute atomic E-state index is 13.3. The van der Waals surface area contributed by atoms with Crippen molar-refractivity contribution >= 4 is 5.91 Å². The van der Waals surface area contributed by atoms with Crippen LogP contribution in [0.3, 0.4) is 0 Å². The number of rotatable bonds is 6. The number of nitrogens with zero attached hydrogens (tertiary/aromatic N) is 1. The van der Waals surface area contributed by atoms with Crippen LogP contribution >= 0.6 is 0 Å². The van der Waals surface area contributed by atoms with Crippen LogP contribution < -0.4 is 0 Å². The Morgan fingerprint density at radius 2 is 2.05 bits per heavy atom. The molecular formula is C16H20FNO3. The van der Waals surface area contributed by atoms with Crippen LogP contribution in [0.5, 0.6) is 0 Å². The highest BCUT2D eigenvalue weighted by atomic mass is 19.1. The molecule has 0 aliphatic rings. The van der Waals surface area contributed by atoms with E-state index in [2.05, 4.69) is 11.8 Å². The van der Waals surface area contributed by atoms with E-state index in [4.69, 9.17) is 10.2 Å². The maximum Gasteiger partial charge on any atom is 0.255 e. The van der Waals surface area contributed by atoms with E-state index in [0.717, 1.165) is 6.42 Å². The molecule has 1 aromatic carbocycles. The van der Waals surface area contributed by atoms with Gasteiger partial charge in [0.1, 0.15) is 5.82 Å². The van der Waals surface area contributed by atoms with Crippen LogP contribution in [0, 0.1) is 17.7 Å². The fourth-order valence-corrected chi connectivity index (χ4v) is 1.90. The largest absolute Gasteiger partial charge is 0.395 e. The van der Waals surface area contributed by atoms with Crippen molar-refractivity contribution in [2.45, 2.75) is 19.8 Å². The number of benzene rings is 1. The SMILES string of the molecule is CCCN(CCO)C(=O)c1ccc(F)cc1C#CCCO.